The zero-order chi connectivity index (χ0) is 23.9. The van der Waals surface area contributed by atoms with Crippen molar-refractivity contribution in [2.45, 2.75) is 18.5 Å². The fourth-order valence-corrected chi connectivity index (χ4v) is 5.02. The number of urea groups is 1. The Bertz CT molecular complexity index is 1100. The van der Waals surface area contributed by atoms with E-state index in [2.05, 4.69) is 5.32 Å². The molecule has 5 amide bonds. The number of carbonyl (C=O) groups is 4. The van der Waals surface area contributed by atoms with Crippen LogP contribution < -0.4 is 15.1 Å². The van der Waals surface area contributed by atoms with E-state index in [1.807, 2.05) is 14.1 Å². The lowest BCUT2D eigenvalue weighted by atomic mass is 10.1. The molecule has 0 bridgehead atoms. The molecule has 2 aliphatic rings. The van der Waals surface area contributed by atoms with Gasteiger partial charge < -0.3 is 20.0 Å². The van der Waals surface area contributed by atoms with Crippen LogP contribution in [0.3, 0.4) is 0 Å². The number of anilines is 2. The molecule has 1 aromatic heterocycles. The predicted molar refractivity (Wildman–Crippen MR) is 127 cm³/mol. The highest BCUT2D eigenvalue weighted by atomic mass is 35.5. The molecule has 0 unspecified atom stereocenters. The van der Waals surface area contributed by atoms with Crippen molar-refractivity contribution in [3.8, 4) is 0 Å². The number of likely N-dealkylation sites (N-methyl/N-ethyl adjacent to an activating group) is 2. The summed E-state index contributed by atoms with van der Waals surface area (Å²) < 4.78 is 0.504. The molecule has 2 saturated heterocycles. The van der Waals surface area contributed by atoms with Crippen LogP contribution in [0, 0.1) is 0 Å². The second kappa shape index (κ2) is 9.12. The summed E-state index contributed by atoms with van der Waals surface area (Å²) in [5, 5.41) is 2.88. The van der Waals surface area contributed by atoms with Gasteiger partial charge in [-0.15, -0.1) is 11.3 Å². The van der Waals surface area contributed by atoms with Crippen LogP contribution in [0.15, 0.2) is 36.4 Å². The minimum Gasteiger partial charge on any atom is -0.346 e. The Balaban J connectivity index is 1.48. The number of imide groups is 1. The van der Waals surface area contributed by atoms with Crippen molar-refractivity contribution < 1.29 is 19.2 Å². The summed E-state index contributed by atoms with van der Waals surface area (Å²) in [6.45, 7) is 0.643. The van der Waals surface area contributed by atoms with Gasteiger partial charge in [-0.1, -0.05) is 11.6 Å². The van der Waals surface area contributed by atoms with Gasteiger partial charge in [-0.05, 0) is 56.9 Å². The smallest absolute Gasteiger partial charge is 0.332 e. The van der Waals surface area contributed by atoms with Crippen LogP contribution >= 0.6 is 22.9 Å². The SMILES string of the molecule is CN(C)CC(=O)N(C)c1ccc(N2C(=O)[C@@H]3[C@H](NC(=O)c4ccc(Cl)s4)CCN3C2=O)cc1. The quantitative estimate of drug-likeness (QED) is 0.628. The first-order chi connectivity index (χ1) is 15.7. The molecular weight excluding hydrogens is 466 g/mol. The number of rotatable bonds is 6. The van der Waals surface area contributed by atoms with Gasteiger partial charge in [0.1, 0.15) is 6.04 Å². The van der Waals surface area contributed by atoms with Gasteiger partial charge in [-0.3, -0.25) is 14.4 Å². The van der Waals surface area contributed by atoms with Gasteiger partial charge in [-0.2, -0.15) is 0 Å². The van der Waals surface area contributed by atoms with E-state index in [9.17, 15) is 19.2 Å². The number of nitrogens with zero attached hydrogens (tertiary/aromatic N) is 4. The lowest BCUT2D eigenvalue weighted by Gasteiger charge is -2.21. The molecule has 0 radical (unpaired) electrons. The summed E-state index contributed by atoms with van der Waals surface area (Å²) in [7, 11) is 5.31. The van der Waals surface area contributed by atoms with E-state index in [4.69, 9.17) is 11.6 Å². The highest BCUT2D eigenvalue weighted by Crippen LogP contribution is 2.33. The second-order valence-electron chi connectivity index (χ2n) is 8.27. The molecule has 2 atom stereocenters. The average molecular weight is 490 g/mol. The Kier molecular flexibility index (Phi) is 6.42. The summed E-state index contributed by atoms with van der Waals surface area (Å²) in [5.41, 5.74) is 1.08. The molecular formula is C22H24ClN5O4S. The number of benzene rings is 1. The molecule has 1 N–H and O–H groups in total. The Hall–Kier alpha value is -2.95. The molecule has 11 heteroatoms. The molecule has 4 rings (SSSR count). The van der Waals surface area contributed by atoms with Gasteiger partial charge in [-0.25, -0.2) is 9.69 Å². The van der Waals surface area contributed by atoms with Gasteiger partial charge in [0.2, 0.25) is 5.91 Å². The van der Waals surface area contributed by atoms with Crippen molar-refractivity contribution in [3.05, 3.63) is 45.6 Å². The van der Waals surface area contributed by atoms with E-state index < -0.39 is 18.1 Å². The molecule has 2 aromatic rings. The molecule has 2 aliphatic heterocycles. The lowest BCUT2D eigenvalue weighted by molar-refractivity contribution is -0.120. The van der Waals surface area contributed by atoms with Crippen LogP contribution in [-0.2, 0) is 9.59 Å². The largest absolute Gasteiger partial charge is 0.346 e. The Labute approximate surface area is 200 Å². The Morgan fingerprint density at radius 3 is 2.42 bits per heavy atom. The number of thiophene rings is 1. The van der Waals surface area contributed by atoms with Crippen molar-refractivity contribution in [3.63, 3.8) is 0 Å². The van der Waals surface area contributed by atoms with Crippen molar-refractivity contribution in [2.24, 2.45) is 0 Å². The predicted octanol–water partition coefficient (Wildman–Crippen LogP) is 2.27. The van der Waals surface area contributed by atoms with Crippen LogP contribution in [-0.4, -0.2) is 79.9 Å². The molecule has 2 fully saturated rings. The van der Waals surface area contributed by atoms with E-state index in [1.165, 1.54) is 9.80 Å². The molecule has 3 heterocycles. The van der Waals surface area contributed by atoms with Gasteiger partial charge >= 0.3 is 6.03 Å². The standard InChI is InChI=1S/C22H24ClN5O4S/c1-25(2)12-18(29)26(3)13-4-6-14(7-5-13)28-21(31)19-15(10-11-27(19)22(28)32)24-20(30)16-8-9-17(23)33-16/h4-9,15,19H,10-12H2,1-3H3,(H,24,30)/t15-,19+/m1/s1. The fraction of sp³-hybridized carbons (Fsp3) is 0.364. The molecule has 0 spiro atoms. The maximum atomic E-state index is 13.2. The van der Waals surface area contributed by atoms with Crippen molar-refractivity contribution in [2.75, 3.05) is 44.0 Å². The van der Waals surface area contributed by atoms with Gasteiger partial charge in [0.05, 0.1) is 27.5 Å². The molecule has 1 aromatic carbocycles. The lowest BCUT2D eigenvalue weighted by Crippen LogP contribution is -2.46. The minimum absolute atomic E-state index is 0.0765. The van der Waals surface area contributed by atoms with E-state index >= 15 is 0 Å². The second-order valence-corrected chi connectivity index (χ2v) is 9.99. The number of carbonyl (C=O) groups excluding carboxylic acids is 4. The van der Waals surface area contributed by atoms with Crippen molar-refractivity contribution in [1.29, 1.82) is 0 Å². The normalized spacial score (nSPS) is 19.9. The van der Waals surface area contributed by atoms with Gasteiger partial charge in [0.15, 0.2) is 0 Å². The molecule has 0 aliphatic carbocycles. The summed E-state index contributed by atoms with van der Waals surface area (Å²) in [6, 6.07) is 8.33. The summed E-state index contributed by atoms with van der Waals surface area (Å²) >= 11 is 7.07. The van der Waals surface area contributed by atoms with E-state index in [0.717, 1.165) is 16.2 Å². The third-order valence-corrected chi connectivity index (χ3v) is 6.97. The maximum Gasteiger partial charge on any atom is 0.332 e. The fourth-order valence-electron chi connectivity index (χ4n) is 4.08. The molecule has 0 saturated carbocycles. The zero-order valence-electron chi connectivity index (χ0n) is 18.4. The van der Waals surface area contributed by atoms with Gasteiger partial charge in [0.25, 0.3) is 11.8 Å². The highest BCUT2D eigenvalue weighted by molar-refractivity contribution is 7.18. The van der Waals surface area contributed by atoms with Crippen LogP contribution in [0.2, 0.25) is 4.34 Å². The minimum atomic E-state index is -0.749. The summed E-state index contributed by atoms with van der Waals surface area (Å²) in [6.07, 6.45) is 0.499. The number of halogens is 1. The number of amides is 5. The van der Waals surface area contributed by atoms with Crippen LogP contribution in [0.5, 0.6) is 0 Å². The topological polar surface area (TPSA) is 93.3 Å². The number of fused-ring (bicyclic) bond motifs is 1. The third-order valence-electron chi connectivity index (χ3n) is 5.74. The van der Waals surface area contributed by atoms with Crippen LogP contribution in [0.25, 0.3) is 0 Å². The number of hydrogen-bond donors (Lipinski definition) is 1. The molecule has 33 heavy (non-hydrogen) atoms. The van der Waals surface area contributed by atoms with Gasteiger partial charge in [0, 0.05) is 19.3 Å². The Morgan fingerprint density at radius 2 is 1.82 bits per heavy atom. The first-order valence-corrected chi connectivity index (χ1v) is 11.6. The number of hydrogen-bond acceptors (Lipinski definition) is 6. The highest BCUT2D eigenvalue weighted by Gasteiger charge is 2.53. The van der Waals surface area contributed by atoms with Crippen molar-refractivity contribution >= 4 is 58.1 Å². The molecule has 174 valence electrons. The summed E-state index contributed by atoms with van der Waals surface area (Å²) in [4.78, 5) is 57.4. The van der Waals surface area contributed by atoms with E-state index in [0.29, 0.717) is 33.6 Å². The monoisotopic (exact) mass is 489 g/mol. The average Bonchev–Trinajstić information content (AvgIpc) is 3.45. The van der Waals surface area contributed by atoms with Crippen LogP contribution in [0.1, 0.15) is 16.1 Å². The zero-order valence-corrected chi connectivity index (χ0v) is 20.0. The summed E-state index contributed by atoms with van der Waals surface area (Å²) in [5.74, 6) is -0.767. The third kappa shape index (κ3) is 4.46. The number of nitrogens with one attached hydrogen (secondary N) is 1. The molecule has 9 nitrogen and oxygen atoms in total. The maximum absolute atomic E-state index is 13.2. The Morgan fingerprint density at radius 1 is 1.12 bits per heavy atom. The van der Waals surface area contributed by atoms with Crippen molar-refractivity contribution in [1.82, 2.24) is 15.1 Å². The van der Waals surface area contributed by atoms with E-state index in [-0.39, 0.29) is 24.3 Å². The van der Waals surface area contributed by atoms with Crippen LogP contribution in [0.4, 0.5) is 16.2 Å². The van der Waals surface area contributed by atoms with E-state index in [1.54, 1.807) is 48.3 Å². The first-order valence-electron chi connectivity index (χ1n) is 10.4. The first kappa shape index (κ1) is 23.2.